The molecule has 0 aromatic heterocycles. The van der Waals surface area contributed by atoms with Gasteiger partial charge in [0.05, 0.1) is 0 Å². The Labute approximate surface area is 109 Å². The highest BCUT2D eigenvalue weighted by atomic mass is 16.5. The molecular weight excluding hydrogens is 226 g/mol. The van der Waals surface area contributed by atoms with E-state index >= 15 is 0 Å². The zero-order chi connectivity index (χ0) is 13.1. The van der Waals surface area contributed by atoms with Crippen LogP contribution in [0.4, 0.5) is 0 Å². The van der Waals surface area contributed by atoms with Crippen molar-refractivity contribution >= 4 is 0 Å². The van der Waals surface area contributed by atoms with Crippen LogP contribution in [-0.2, 0) is 11.3 Å². The summed E-state index contributed by atoms with van der Waals surface area (Å²) in [6.07, 6.45) is 6.21. The number of ether oxygens (including phenoxy) is 2. The summed E-state index contributed by atoms with van der Waals surface area (Å²) in [4.78, 5) is 0. The predicted molar refractivity (Wildman–Crippen MR) is 73.6 cm³/mol. The Morgan fingerprint density at radius 1 is 1.33 bits per heavy atom. The van der Waals surface area contributed by atoms with Crippen molar-refractivity contribution in [2.75, 3.05) is 26.4 Å². The van der Waals surface area contributed by atoms with Crippen LogP contribution in [0.3, 0.4) is 0 Å². The lowest BCUT2D eigenvalue weighted by Crippen LogP contribution is -2.17. The molecule has 0 saturated heterocycles. The molecule has 0 aliphatic rings. The normalized spacial score (nSPS) is 10.0. The molecule has 0 unspecified atom stereocenters. The van der Waals surface area contributed by atoms with Crippen LogP contribution in [0.15, 0.2) is 24.3 Å². The second-order valence-electron chi connectivity index (χ2n) is 3.83. The van der Waals surface area contributed by atoms with E-state index in [1.165, 1.54) is 0 Å². The third-order valence-electron chi connectivity index (χ3n) is 2.45. The maximum atomic E-state index is 5.48. The molecule has 0 bridgehead atoms. The van der Waals surface area contributed by atoms with Gasteiger partial charge in [0.2, 0.25) is 0 Å². The maximum Gasteiger partial charge on any atom is 0.148 e. The molecule has 18 heavy (non-hydrogen) atoms. The molecule has 0 fully saturated rings. The Bertz CT molecular complexity index is 371. The van der Waals surface area contributed by atoms with Crippen LogP contribution >= 0.6 is 0 Å². The van der Waals surface area contributed by atoms with Gasteiger partial charge in [-0.15, -0.1) is 6.42 Å². The van der Waals surface area contributed by atoms with Gasteiger partial charge in [-0.3, -0.25) is 0 Å². The Hall–Kier alpha value is -1.50. The quantitative estimate of drug-likeness (QED) is 0.536. The van der Waals surface area contributed by atoms with Gasteiger partial charge < -0.3 is 14.8 Å². The third kappa shape index (κ3) is 5.72. The van der Waals surface area contributed by atoms with Crippen molar-refractivity contribution in [3.63, 3.8) is 0 Å². The minimum atomic E-state index is 0.307. The van der Waals surface area contributed by atoms with E-state index < -0.39 is 0 Å². The van der Waals surface area contributed by atoms with Gasteiger partial charge in [-0.05, 0) is 26.0 Å². The summed E-state index contributed by atoms with van der Waals surface area (Å²) in [6, 6.07) is 7.93. The van der Waals surface area contributed by atoms with Gasteiger partial charge in [-0.25, -0.2) is 0 Å². The van der Waals surface area contributed by atoms with E-state index in [0.717, 1.165) is 44.0 Å². The molecule has 3 nitrogen and oxygen atoms in total. The van der Waals surface area contributed by atoms with Gasteiger partial charge in [0, 0.05) is 25.3 Å². The number of para-hydroxylation sites is 1. The topological polar surface area (TPSA) is 30.5 Å². The van der Waals surface area contributed by atoms with Crippen molar-refractivity contribution < 1.29 is 9.47 Å². The summed E-state index contributed by atoms with van der Waals surface area (Å²) >= 11 is 0. The monoisotopic (exact) mass is 247 g/mol. The molecule has 0 amide bonds. The molecular formula is C15H21NO2. The number of nitrogens with one attached hydrogen (secondary N) is 1. The fourth-order valence-corrected chi connectivity index (χ4v) is 1.58. The van der Waals surface area contributed by atoms with Crippen LogP contribution in [0.25, 0.3) is 0 Å². The first kappa shape index (κ1) is 14.6. The second kappa shape index (κ2) is 9.52. The number of hydrogen-bond donors (Lipinski definition) is 1. The zero-order valence-corrected chi connectivity index (χ0v) is 10.9. The summed E-state index contributed by atoms with van der Waals surface area (Å²) < 4.78 is 10.8. The van der Waals surface area contributed by atoms with Crippen LogP contribution in [-0.4, -0.2) is 26.4 Å². The molecule has 98 valence electrons. The molecule has 0 aliphatic carbocycles. The van der Waals surface area contributed by atoms with Crippen molar-refractivity contribution in [3.05, 3.63) is 29.8 Å². The number of benzene rings is 1. The Morgan fingerprint density at radius 3 is 2.94 bits per heavy atom. The molecule has 0 heterocycles. The second-order valence-corrected chi connectivity index (χ2v) is 3.83. The van der Waals surface area contributed by atoms with Gasteiger partial charge in [0.1, 0.15) is 12.4 Å². The molecule has 0 radical (unpaired) electrons. The molecule has 1 aromatic carbocycles. The van der Waals surface area contributed by atoms with E-state index in [-0.39, 0.29) is 0 Å². The Morgan fingerprint density at radius 2 is 2.17 bits per heavy atom. The Balaban J connectivity index is 2.30. The fourth-order valence-electron chi connectivity index (χ4n) is 1.58. The number of terminal acetylenes is 1. The lowest BCUT2D eigenvalue weighted by molar-refractivity contribution is 0.144. The molecule has 3 heteroatoms. The highest BCUT2D eigenvalue weighted by molar-refractivity contribution is 5.33. The third-order valence-corrected chi connectivity index (χ3v) is 2.45. The first-order valence-corrected chi connectivity index (χ1v) is 6.31. The largest absolute Gasteiger partial charge is 0.481 e. The minimum absolute atomic E-state index is 0.307. The van der Waals surface area contributed by atoms with Gasteiger partial charge >= 0.3 is 0 Å². The van der Waals surface area contributed by atoms with E-state index in [1.807, 2.05) is 31.2 Å². The molecule has 0 saturated carbocycles. The van der Waals surface area contributed by atoms with Crippen LogP contribution < -0.4 is 10.1 Å². The number of rotatable bonds is 9. The summed E-state index contributed by atoms with van der Waals surface area (Å²) in [7, 11) is 0. The van der Waals surface area contributed by atoms with Crippen LogP contribution in [0.5, 0.6) is 5.75 Å². The van der Waals surface area contributed by atoms with Crippen molar-refractivity contribution in [1.82, 2.24) is 5.32 Å². The van der Waals surface area contributed by atoms with Crippen molar-refractivity contribution in [2.24, 2.45) is 0 Å². The van der Waals surface area contributed by atoms with Gasteiger partial charge in [0.25, 0.3) is 0 Å². The lowest BCUT2D eigenvalue weighted by atomic mass is 10.2. The summed E-state index contributed by atoms with van der Waals surface area (Å²) in [5.74, 6) is 3.33. The van der Waals surface area contributed by atoms with Gasteiger partial charge in [-0.2, -0.15) is 0 Å². The molecule has 0 atom stereocenters. The minimum Gasteiger partial charge on any atom is -0.481 e. The van der Waals surface area contributed by atoms with Crippen molar-refractivity contribution in [2.45, 2.75) is 19.9 Å². The molecule has 1 N–H and O–H groups in total. The summed E-state index contributed by atoms with van der Waals surface area (Å²) in [5, 5.41) is 3.37. The first-order chi connectivity index (χ1) is 8.88. The van der Waals surface area contributed by atoms with E-state index in [1.54, 1.807) is 0 Å². The Kier molecular flexibility index (Phi) is 7.70. The molecule has 1 aromatic rings. The van der Waals surface area contributed by atoms with E-state index in [4.69, 9.17) is 15.9 Å². The van der Waals surface area contributed by atoms with Crippen LogP contribution in [0.1, 0.15) is 18.9 Å². The van der Waals surface area contributed by atoms with Crippen LogP contribution in [0, 0.1) is 12.3 Å². The summed E-state index contributed by atoms with van der Waals surface area (Å²) in [5.41, 5.74) is 1.13. The SMILES string of the molecule is C#CCOc1ccccc1CNCCCOCC. The zero-order valence-electron chi connectivity index (χ0n) is 10.9. The lowest BCUT2D eigenvalue weighted by Gasteiger charge is -2.10. The summed E-state index contributed by atoms with van der Waals surface area (Å²) in [6.45, 7) is 5.62. The standard InChI is InChI=1S/C15H21NO2/c1-3-11-18-15-9-6-5-8-14(15)13-16-10-7-12-17-4-2/h1,5-6,8-9,16H,4,7,10-13H2,2H3. The van der Waals surface area contributed by atoms with Crippen LogP contribution in [0.2, 0.25) is 0 Å². The predicted octanol–water partition coefficient (Wildman–Crippen LogP) is 2.21. The highest BCUT2D eigenvalue weighted by Crippen LogP contribution is 2.17. The van der Waals surface area contributed by atoms with Crippen molar-refractivity contribution in [1.29, 1.82) is 0 Å². The number of hydrogen-bond acceptors (Lipinski definition) is 3. The van der Waals surface area contributed by atoms with Gasteiger partial charge in [-0.1, -0.05) is 24.1 Å². The highest BCUT2D eigenvalue weighted by Gasteiger charge is 2.01. The fraction of sp³-hybridized carbons (Fsp3) is 0.467. The van der Waals surface area contributed by atoms with E-state index in [0.29, 0.717) is 6.61 Å². The molecule has 0 spiro atoms. The van der Waals surface area contributed by atoms with Gasteiger partial charge in [0.15, 0.2) is 0 Å². The average Bonchev–Trinajstić information content (AvgIpc) is 2.41. The van der Waals surface area contributed by atoms with E-state index in [2.05, 4.69) is 11.2 Å². The smallest absolute Gasteiger partial charge is 0.148 e. The van der Waals surface area contributed by atoms with Crippen molar-refractivity contribution in [3.8, 4) is 18.1 Å². The maximum absolute atomic E-state index is 5.48. The molecule has 0 aliphatic heterocycles. The average molecular weight is 247 g/mol. The first-order valence-electron chi connectivity index (χ1n) is 6.31. The van der Waals surface area contributed by atoms with E-state index in [9.17, 15) is 0 Å². The molecule has 1 rings (SSSR count).